The Morgan fingerprint density at radius 2 is 1.61 bits per heavy atom. The molecule has 2 amide bonds. The zero-order valence-corrected chi connectivity index (χ0v) is 18.8. The first-order chi connectivity index (χ1) is 15.0. The SMILES string of the molecule is Cc1onc(-c2c(Cl)cccc2Cl)c1C(=O)N1CCN(C(=O)CN2CCOCC2)CC1. The molecule has 0 atom stereocenters. The Balaban J connectivity index is 1.44. The van der Waals surface area contributed by atoms with E-state index in [9.17, 15) is 9.59 Å². The second-order valence-electron chi connectivity index (χ2n) is 7.62. The van der Waals surface area contributed by atoms with Gasteiger partial charge in [-0.1, -0.05) is 34.4 Å². The number of benzene rings is 1. The minimum absolute atomic E-state index is 0.0821. The number of piperazine rings is 1. The molecule has 10 heteroatoms. The summed E-state index contributed by atoms with van der Waals surface area (Å²) in [5.41, 5.74) is 1.16. The summed E-state index contributed by atoms with van der Waals surface area (Å²) < 4.78 is 10.6. The molecule has 3 heterocycles. The van der Waals surface area contributed by atoms with Gasteiger partial charge < -0.3 is 19.1 Å². The molecule has 2 saturated heterocycles. The summed E-state index contributed by atoms with van der Waals surface area (Å²) in [7, 11) is 0. The average Bonchev–Trinajstić information content (AvgIpc) is 3.15. The van der Waals surface area contributed by atoms with Gasteiger partial charge in [-0.2, -0.15) is 0 Å². The quantitative estimate of drug-likeness (QED) is 0.688. The average molecular weight is 467 g/mol. The molecule has 0 N–H and O–H groups in total. The van der Waals surface area contributed by atoms with Crippen molar-refractivity contribution in [1.82, 2.24) is 19.9 Å². The van der Waals surface area contributed by atoms with Crippen molar-refractivity contribution < 1.29 is 18.8 Å². The minimum atomic E-state index is -0.204. The van der Waals surface area contributed by atoms with Gasteiger partial charge in [0, 0.05) is 44.8 Å². The van der Waals surface area contributed by atoms with E-state index in [0.29, 0.717) is 78.6 Å². The van der Waals surface area contributed by atoms with Gasteiger partial charge in [-0.3, -0.25) is 14.5 Å². The molecule has 0 radical (unpaired) electrons. The van der Waals surface area contributed by atoms with Gasteiger partial charge in [0.15, 0.2) is 0 Å². The molecular weight excluding hydrogens is 443 g/mol. The van der Waals surface area contributed by atoms with Crippen molar-refractivity contribution in [1.29, 1.82) is 0 Å². The number of rotatable bonds is 4. The number of aromatic nitrogens is 1. The Labute approximate surface area is 190 Å². The molecule has 0 unspecified atom stereocenters. The van der Waals surface area contributed by atoms with Crippen molar-refractivity contribution in [2.75, 3.05) is 59.0 Å². The molecule has 1 aromatic heterocycles. The van der Waals surface area contributed by atoms with Crippen LogP contribution in [0.25, 0.3) is 11.3 Å². The number of ether oxygens (including phenoxy) is 1. The van der Waals surface area contributed by atoms with Gasteiger partial charge >= 0.3 is 0 Å². The van der Waals surface area contributed by atoms with Gasteiger partial charge in [0.1, 0.15) is 17.0 Å². The molecule has 0 bridgehead atoms. The molecular formula is C21H24Cl2N4O4. The monoisotopic (exact) mass is 466 g/mol. The van der Waals surface area contributed by atoms with E-state index in [1.807, 2.05) is 4.90 Å². The number of amides is 2. The molecule has 2 aliphatic rings. The summed E-state index contributed by atoms with van der Waals surface area (Å²) >= 11 is 12.6. The zero-order valence-electron chi connectivity index (χ0n) is 17.3. The Kier molecular flexibility index (Phi) is 6.81. The summed E-state index contributed by atoms with van der Waals surface area (Å²) in [5, 5.41) is 4.85. The number of morpholine rings is 1. The standard InChI is InChI=1S/C21H24Cl2N4O4/c1-14-18(20(24-31-14)19-15(22)3-2-4-16(19)23)21(29)27-7-5-26(6-8-27)17(28)13-25-9-11-30-12-10-25/h2-4H,5-13H2,1H3. The first kappa shape index (κ1) is 22.1. The molecule has 2 fully saturated rings. The van der Waals surface area contributed by atoms with Crippen molar-refractivity contribution in [3.8, 4) is 11.3 Å². The van der Waals surface area contributed by atoms with Crippen molar-refractivity contribution in [3.63, 3.8) is 0 Å². The minimum Gasteiger partial charge on any atom is -0.379 e. The molecule has 8 nitrogen and oxygen atoms in total. The maximum absolute atomic E-state index is 13.3. The van der Waals surface area contributed by atoms with Gasteiger partial charge in [0.05, 0.1) is 29.8 Å². The second kappa shape index (κ2) is 9.56. The summed E-state index contributed by atoms with van der Waals surface area (Å²) in [4.78, 5) is 31.6. The van der Waals surface area contributed by atoms with Crippen molar-refractivity contribution in [2.45, 2.75) is 6.92 Å². The third-order valence-electron chi connectivity index (χ3n) is 5.66. The molecule has 166 valence electrons. The Hall–Kier alpha value is -2.13. The van der Waals surface area contributed by atoms with E-state index in [-0.39, 0.29) is 11.8 Å². The number of hydrogen-bond donors (Lipinski definition) is 0. The van der Waals surface area contributed by atoms with Crippen LogP contribution in [0, 0.1) is 6.92 Å². The van der Waals surface area contributed by atoms with Crippen LogP contribution in [0.15, 0.2) is 22.7 Å². The van der Waals surface area contributed by atoms with Crippen LogP contribution in [0.1, 0.15) is 16.1 Å². The second-order valence-corrected chi connectivity index (χ2v) is 8.43. The molecule has 4 rings (SSSR count). The van der Waals surface area contributed by atoms with Crippen molar-refractivity contribution in [2.24, 2.45) is 0 Å². The van der Waals surface area contributed by atoms with Crippen LogP contribution < -0.4 is 0 Å². The van der Waals surface area contributed by atoms with Gasteiger partial charge in [-0.25, -0.2) is 0 Å². The fraction of sp³-hybridized carbons (Fsp3) is 0.476. The van der Waals surface area contributed by atoms with Crippen LogP contribution in [0.5, 0.6) is 0 Å². The fourth-order valence-electron chi connectivity index (χ4n) is 3.89. The summed E-state index contributed by atoms with van der Waals surface area (Å²) in [6, 6.07) is 5.12. The Bertz CT molecular complexity index is 946. The Morgan fingerprint density at radius 3 is 2.26 bits per heavy atom. The number of nitrogens with zero attached hydrogens (tertiary/aromatic N) is 4. The lowest BCUT2D eigenvalue weighted by Crippen LogP contribution is -2.53. The molecule has 0 spiro atoms. The first-order valence-electron chi connectivity index (χ1n) is 10.2. The van der Waals surface area contributed by atoms with Gasteiger partial charge in [-0.15, -0.1) is 0 Å². The van der Waals surface area contributed by atoms with Crippen LogP contribution >= 0.6 is 23.2 Å². The molecule has 0 aliphatic carbocycles. The van der Waals surface area contributed by atoms with E-state index in [1.54, 1.807) is 30.0 Å². The van der Waals surface area contributed by atoms with E-state index in [0.717, 1.165) is 13.1 Å². The van der Waals surface area contributed by atoms with E-state index in [4.69, 9.17) is 32.5 Å². The highest BCUT2D eigenvalue weighted by Gasteiger charge is 2.31. The van der Waals surface area contributed by atoms with Crippen LogP contribution in [-0.4, -0.2) is 90.7 Å². The number of carbonyl (C=O) groups is 2. The number of carbonyl (C=O) groups excluding carboxylic acids is 2. The van der Waals surface area contributed by atoms with Gasteiger partial charge in [0.2, 0.25) is 5.91 Å². The summed E-state index contributed by atoms with van der Waals surface area (Å²) in [5.74, 6) is 0.283. The van der Waals surface area contributed by atoms with Gasteiger partial charge in [-0.05, 0) is 19.1 Å². The molecule has 2 aromatic rings. The number of hydrogen-bond acceptors (Lipinski definition) is 6. The van der Waals surface area contributed by atoms with Crippen molar-refractivity contribution >= 4 is 35.0 Å². The third kappa shape index (κ3) is 4.72. The van der Waals surface area contributed by atoms with Crippen LogP contribution in [0.2, 0.25) is 10.0 Å². The highest BCUT2D eigenvalue weighted by atomic mass is 35.5. The fourth-order valence-corrected chi connectivity index (χ4v) is 4.46. The summed E-state index contributed by atoms with van der Waals surface area (Å²) in [6.45, 7) is 6.78. The van der Waals surface area contributed by atoms with Crippen molar-refractivity contribution in [3.05, 3.63) is 39.6 Å². The van der Waals surface area contributed by atoms with E-state index < -0.39 is 0 Å². The largest absolute Gasteiger partial charge is 0.379 e. The molecule has 1 aromatic carbocycles. The maximum atomic E-state index is 13.3. The van der Waals surface area contributed by atoms with Crippen LogP contribution in [-0.2, 0) is 9.53 Å². The lowest BCUT2D eigenvalue weighted by Gasteiger charge is -2.36. The van der Waals surface area contributed by atoms with Gasteiger partial charge in [0.25, 0.3) is 5.91 Å². The lowest BCUT2D eigenvalue weighted by atomic mass is 10.0. The predicted molar refractivity (Wildman–Crippen MR) is 116 cm³/mol. The summed E-state index contributed by atoms with van der Waals surface area (Å²) in [6.07, 6.45) is 0. The highest BCUT2D eigenvalue weighted by Crippen LogP contribution is 2.37. The first-order valence-corrected chi connectivity index (χ1v) is 11.0. The maximum Gasteiger partial charge on any atom is 0.259 e. The Morgan fingerprint density at radius 1 is 1.00 bits per heavy atom. The van der Waals surface area contributed by atoms with E-state index in [2.05, 4.69) is 10.1 Å². The number of halogens is 2. The van der Waals surface area contributed by atoms with Crippen LogP contribution in [0.4, 0.5) is 0 Å². The lowest BCUT2D eigenvalue weighted by molar-refractivity contribution is -0.134. The predicted octanol–water partition coefficient (Wildman–Crippen LogP) is 2.57. The topological polar surface area (TPSA) is 79.1 Å². The number of aryl methyl sites for hydroxylation is 1. The van der Waals surface area contributed by atoms with Crippen LogP contribution in [0.3, 0.4) is 0 Å². The molecule has 31 heavy (non-hydrogen) atoms. The smallest absolute Gasteiger partial charge is 0.259 e. The zero-order chi connectivity index (χ0) is 22.0. The normalized spacial score (nSPS) is 17.8. The molecule has 0 saturated carbocycles. The van der Waals surface area contributed by atoms with E-state index in [1.165, 1.54) is 0 Å². The highest BCUT2D eigenvalue weighted by molar-refractivity contribution is 6.39. The molecule has 2 aliphatic heterocycles. The third-order valence-corrected chi connectivity index (χ3v) is 6.29. The van der Waals surface area contributed by atoms with E-state index >= 15 is 0 Å².